The van der Waals surface area contributed by atoms with Crippen LogP contribution in [0.15, 0.2) is 46.9 Å². The van der Waals surface area contributed by atoms with Crippen molar-refractivity contribution in [3.63, 3.8) is 0 Å². The first kappa shape index (κ1) is 14.9. The van der Waals surface area contributed by atoms with Gasteiger partial charge >= 0.3 is 0 Å². The molecule has 0 fully saturated rings. The van der Waals surface area contributed by atoms with Crippen LogP contribution in [-0.2, 0) is 6.61 Å². The molecule has 0 radical (unpaired) electrons. The van der Waals surface area contributed by atoms with Gasteiger partial charge in [0.2, 0.25) is 0 Å². The van der Waals surface area contributed by atoms with Gasteiger partial charge in [-0.25, -0.2) is 0 Å². The average Bonchev–Trinajstić information content (AvgIpc) is 2.46. The minimum Gasteiger partial charge on any atom is -0.497 e. The molecule has 0 aliphatic heterocycles. The zero-order valence-corrected chi connectivity index (χ0v) is 13.1. The average molecular weight is 337 g/mol. The molecule has 0 bridgehead atoms. The molecule has 2 aromatic rings. The Morgan fingerprint density at radius 1 is 1.20 bits per heavy atom. The monoisotopic (exact) mass is 336 g/mol. The Bertz CT molecular complexity index is 582. The Balaban J connectivity index is 2.17. The molecule has 0 unspecified atom stereocenters. The fraction of sp³-hybridized carbons (Fsp3) is 0.250. The summed E-state index contributed by atoms with van der Waals surface area (Å²) in [6.45, 7) is 2.13. The smallest absolute Gasteiger partial charge is 0.125 e. The molecule has 0 saturated carbocycles. The largest absolute Gasteiger partial charge is 0.497 e. The molecule has 3 nitrogen and oxygen atoms in total. The van der Waals surface area contributed by atoms with Crippen LogP contribution >= 0.6 is 15.9 Å². The first-order chi connectivity index (χ1) is 9.61. The van der Waals surface area contributed by atoms with Crippen LogP contribution < -0.4 is 9.47 Å². The van der Waals surface area contributed by atoms with E-state index in [1.54, 1.807) is 14.0 Å². The summed E-state index contributed by atoms with van der Waals surface area (Å²) >= 11 is 3.50. The second kappa shape index (κ2) is 6.77. The van der Waals surface area contributed by atoms with Gasteiger partial charge in [-0.1, -0.05) is 34.1 Å². The molecule has 2 aromatic carbocycles. The number of hydrogen-bond acceptors (Lipinski definition) is 3. The van der Waals surface area contributed by atoms with Crippen molar-refractivity contribution in [3.8, 4) is 11.5 Å². The van der Waals surface area contributed by atoms with Gasteiger partial charge in [0.25, 0.3) is 0 Å². The second-order valence-corrected chi connectivity index (χ2v) is 5.31. The van der Waals surface area contributed by atoms with E-state index in [2.05, 4.69) is 15.9 Å². The number of aliphatic hydroxyl groups is 1. The van der Waals surface area contributed by atoms with Crippen LogP contribution in [0.3, 0.4) is 0 Å². The molecular weight excluding hydrogens is 320 g/mol. The molecule has 4 heteroatoms. The molecule has 0 aromatic heterocycles. The third kappa shape index (κ3) is 3.52. The van der Waals surface area contributed by atoms with E-state index in [0.29, 0.717) is 12.4 Å². The van der Waals surface area contributed by atoms with Gasteiger partial charge in [0, 0.05) is 15.6 Å². The number of para-hydroxylation sites is 1. The molecule has 0 aliphatic rings. The lowest BCUT2D eigenvalue weighted by molar-refractivity contribution is 0.190. The summed E-state index contributed by atoms with van der Waals surface area (Å²) in [5, 5.41) is 9.73. The van der Waals surface area contributed by atoms with Crippen molar-refractivity contribution in [1.29, 1.82) is 0 Å². The number of halogens is 1. The molecule has 2 rings (SSSR count). The summed E-state index contributed by atoms with van der Waals surface area (Å²) in [5.41, 5.74) is 1.77. The molecule has 1 atom stereocenters. The van der Waals surface area contributed by atoms with Gasteiger partial charge in [0.1, 0.15) is 18.1 Å². The third-order valence-electron chi connectivity index (χ3n) is 3.01. The van der Waals surface area contributed by atoms with Crippen molar-refractivity contribution in [2.75, 3.05) is 7.11 Å². The molecule has 0 saturated heterocycles. The summed E-state index contributed by atoms with van der Waals surface area (Å²) in [7, 11) is 1.64. The molecule has 0 amide bonds. The van der Waals surface area contributed by atoms with Gasteiger partial charge in [-0.3, -0.25) is 0 Å². The number of hydrogen-bond donors (Lipinski definition) is 1. The van der Waals surface area contributed by atoms with Crippen molar-refractivity contribution in [2.24, 2.45) is 0 Å². The fourth-order valence-electron chi connectivity index (χ4n) is 1.90. The van der Waals surface area contributed by atoms with E-state index >= 15 is 0 Å². The Morgan fingerprint density at radius 2 is 1.95 bits per heavy atom. The van der Waals surface area contributed by atoms with E-state index in [0.717, 1.165) is 21.3 Å². The molecular formula is C16H17BrO3. The zero-order chi connectivity index (χ0) is 14.5. The summed E-state index contributed by atoms with van der Waals surface area (Å²) in [4.78, 5) is 0. The highest BCUT2D eigenvalue weighted by atomic mass is 79.9. The molecule has 0 aliphatic carbocycles. The summed E-state index contributed by atoms with van der Waals surface area (Å²) < 4.78 is 12.0. The number of ether oxygens (including phenoxy) is 2. The van der Waals surface area contributed by atoms with Crippen LogP contribution in [0, 0.1) is 0 Å². The third-order valence-corrected chi connectivity index (χ3v) is 3.78. The number of benzene rings is 2. The molecule has 1 N–H and O–H groups in total. The summed E-state index contributed by atoms with van der Waals surface area (Å²) in [5.74, 6) is 1.48. The highest BCUT2D eigenvalue weighted by Crippen LogP contribution is 2.28. The van der Waals surface area contributed by atoms with Crippen LogP contribution in [-0.4, -0.2) is 12.2 Å². The minimum absolute atomic E-state index is 0.404. The van der Waals surface area contributed by atoms with Gasteiger partial charge in [-0.05, 0) is 31.2 Å². The Labute approximate surface area is 127 Å². The first-order valence-corrected chi connectivity index (χ1v) is 7.13. The van der Waals surface area contributed by atoms with Gasteiger partial charge in [0.15, 0.2) is 0 Å². The van der Waals surface area contributed by atoms with E-state index < -0.39 is 6.10 Å². The maximum absolute atomic E-state index is 9.73. The van der Waals surface area contributed by atoms with Crippen LogP contribution in [0.25, 0.3) is 0 Å². The Kier molecular flexibility index (Phi) is 5.04. The fourth-order valence-corrected chi connectivity index (χ4v) is 2.26. The van der Waals surface area contributed by atoms with Crippen LogP contribution in [0.4, 0.5) is 0 Å². The van der Waals surface area contributed by atoms with Gasteiger partial charge in [0.05, 0.1) is 13.2 Å². The SMILES string of the molecule is COc1ccc(Br)c(COc2ccccc2[C@@H](C)O)c1. The summed E-state index contributed by atoms with van der Waals surface area (Å²) in [6, 6.07) is 13.2. The highest BCUT2D eigenvalue weighted by Gasteiger charge is 2.09. The quantitative estimate of drug-likeness (QED) is 0.893. The van der Waals surface area contributed by atoms with E-state index in [1.165, 1.54) is 0 Å². The van der Waals surface area contributed by atoms with Crippen LogP contribution in [0.5, 0.6) is 11.5 Å². The lowest BCUT2D eigenvalue weighted by Crippen LogP contribution is -2.01. The minimum atomic E-state index is -0.556. The lowest BCUT2D eigenvalue weighted by Gasteiger charge is -2.14. The van der Waals surface area contributed by atoms with E-state index in [4.69, 9.17) is 9.47 Å². The van der Waals surface area contributed by atoms with E-state index in [1.807, 2.05) is 42.5 Å². The molecule has 20 heavy (non-hydrogen) atoms. The number of methoxy groups -OCH3 is 1. The van der Waals surface area contributed by atoms with Crippen molar-refractivity contribution < 1.29 is 14.6 Å². The van der Waals surface area contributed by atoms with E-state index in [-0.39, 0.29) is 0 Å². The van der Waals surface area contributed by atoms with Gasteiger partial charge in [-0.15, -0.1) is 0 Å². The van der Waals surface area contributed by atoms with Crippen molar-refractivity contribution in [3.05, 3.63) is 58.1 Å². The normalized spacial score (nSPS) is 12.0. The highest BCUT2D eigenvalue weighted by molar-refractivity contribution is 9.10. The van der Waals surface area contributed by atoms with Crippen molar-refractivity contribution >= 4 is 15.9 Å². The first-order valence-electron chi connectivity index (χ1n) is 6.34. The standard InChI is InChI=1S/C16H17BrO3/c1-11(18)14-5-3-4-6-16(14)20-10-12-9-13(19-2)7-8-15(12)17/h3-9,11,18H,10H2,1-2H3/t11-/m1/s1. The molecule has 0 spiro atoms. The zero-order valence-electron chi connectivity index (χ0n) is 11.5. The maximum Gasteiger partial charge on any atom is 0.125 e. The topological polar surface area (TPSA) is 38.7 Å². The predicted molar refractivity (Wildman–Crippen MR) is 82.1 cm³/mol. The second-order valence-electron chi connectivity index (χ2n) is 4.46. The van der Waals surface area contributed by atoms with Crippen LogP contribution in [0.2, 0.25) is 0 Å². The lowest BCUT2D eigenvalue weighted by atomic mass is 10.1. The van der Waals surface area contributed by atoms with Crippen molar-refractivity contribution in [2.45, 2.75) is 19.6 Å². The van der Waals surface area contributed by atoms with Gasteiger partial charge in [-0.2, -0.15) is 0 Å². The summed E-state index contributed by atoms with van der Waals surface area (Å²) in [6.07, 6.45) is -0.556. The Hall–Kier alpha value is -1.52. The molecule has 0 heterocycles. The molecule has 106 valence electrons. The maximum atomic E-state index is 9.73. The van der Waals surface area contributed by atoms with E-state index in [9.17, 15) is 5.11 Å². The van der Waals surface area contributed by atoms with Gasteiger partial charge < -0.3 is 14.6 Å². The van der Waals surface area contributed by atoms with Crippen molar-refractivity contribution in [1.82, 2.24) is 0 Å². The number of aliphatic hydroxyl groups excluding tert-OH is 1. The number of rotatable bonds is 5. The predicted octanol–water partition coefficient (Wildman–Crippen LogP) is 4.09. The van der Waals surface area contributed by atoms with Crippen LogP contribution in [0.1, 0.15) is 24.2 Å². The Morgan fingerprint density at radius 3 is 2.65 bits per heavy atom.